The summed E-state index contributed by atoms with van der Waals surface area (Å²) < 4.78 is 39.6. The second-order valence-electron chi connectivity index (χ2n) is 15.6. The van der Waals surface area contributed by atoms with Crippen molar-refractivity contribution in [3.8, 4) is 17.6 Å². The van der Waals surface area contributed by atoms with E-state index >= 15 is 0 Å². The lowest BCUT2D eigenvalue weighted by atomic mass is 9.63. The Morgan fingerprint density at radius 2 is 1.96 bits per heavy atom. The van der Waals surface area contributed by atoms with Gasteiger partial charge < -0.3 is 19.5 Å². The van der Waals surface area contributed by atoms with Crippen LogP contribution in [0.3, 0.4) is 0 Å². The zero-order valence-electron chi connectivity index (χ0n) is 31.1. The Morgan fingerprint density at radius 3 is 2.69 bits per heavy atom. The van der Waals surface area contributed by atoms with Gasteiger partial charge in [0, 0.05) is 54.5 Å². The van der Waals surface area contributed by atoms with Crippen molar-refractivity contribution in [3.63, 3.8) is 0 Å². The fourth-order valence-corrected chi connectivity index (χ4v) is 9.29. The second-order valence-corrected chi connectivity index (χ2v) is 18.3. The van der Waals surface area contributed by atoms with Crippen LogP contribution in [0.1, 0.15) is 100 Å². The smallest absolute Gasteiger partial charge is 0.264 e. The minimum atomic E-state index is -3.81. The largest absolute Gasteiger partial charge is 0.490 e. The molecule has 1 saturated carbocycles. The quantitative estimate of drug-likeness (QED) is 0.191. The summed E-state index contributed by atoms with van der Waals surface area (Å²) in [5, 5.41) is 12.2. The Kier molecular flexibility index (Phi) is 12.5. The second kappa shape index (κ2) is 16.7. The van der Waals surface area contributed by atoms with Crippen molar-refractivity contribution in [2.24, 2.45) is 11.8 Å². The molecule has 2 heterocycles. The number of anilines is 1. The average molecular weight is 754 g/mol. The maximum Gasteiger partial charge on any atom is 0.264 e. The zero-order chi connectivity index (χ0) is 36.9. The third kappa shape index (κ3) is 8.76. The zero-order valence-corrected chi connectivity index (χ0v) is 32.7. The number of fused-ring (bicyclic) bond motifs is 3. The summed E-state index contributed by atoms with van der Waals surface area (Å²) in [6.07, 6.45) is 9.04. The third-order valence-corrected chi connectivity index (χ3v) is 13.7. The molecule has 2 aromatic carbocycles. The molecule has 1 saturated heterocycles. The lowest BCUT2D eigenvalue weighted by Crippen LogP contribution is -2.52. The number of hydrogen-bond acceptors (Lipinski definition) is 8. The Bertz CT molecular complexity index is 1750. The van der Waals surface area contributed by atoms with E-state index in [9.17, 15) is 18.3 Å². The molecule has 11 heteroatoms. The van der Waals surface area contributed by atoms with E-state index in [1.807, 2.05) is 6.07 Å². The lowest BCUT2D eigenvalue weighted by Gasteiger charge is -2.48. The van der Waals surface area contributed by atoms with Gasteiger partial charge in [0.15, 0.2) is 0 Å². The number of amides is 1. The number of carbonyl (C=O) groups is 1. The normalized spacial score (nSPS) is 24.4. The van der Waals surface area contributed by atoms with Gasteiger partial charge in [0.05, 0.1) is 30.8 Å². The van der Waals surface area contributed by atoms with E-state index in [1.165, 1.54) is 11.1 Å². The van der Waals surface area contributed by atoms with E-state index in [4.69, 9.17) is 21.1 Å². The average Bonchev–Trinajstić information content (AvgIpc) is 3.26. The van der Waals surface area contributed by atoms with Crippen molar-refractivity contribution in [1.82, 2.24) is 9.62 Å². The molecule has 4 aliphatic rings. The maximum atomic E-state index is 13.3. The van der Waals surface area contributed by atoms with Crippen LogP contribution in [0.15, 0.2) is 36.4 Å². The first-order valence-corrected chi connectivity index (χ1v) is 21.2. The van der Waals surface area contributed by atoms with Crippen molar-refractivity contribution in [2.45, 2.75) is 101 Å². The Morgan fingerprint density at radius 1 is 1.15 bits per heavy atom. The molecule has 2 fully saturated rings. The Labute approximate surface area is 315 Å². The summed E-state index contributed by atoms with van der Waals surface area (Å²) in [7, 11) is -3.81. The minimum absolute atomic E-state index is 0.0227. The first-order valence-electron chi connectivity index (χ1n) is 19.3. The van der Waals surface area contributed by atoms with E-state index in [2.05, 4.69) is 45.4 Å². The highest BCUT2D eigenvalue weighted by molar-refractivity contribution is 7.90. The molecule has 6 rings (SSSR count). The fraction of sp³-hybridized carbons (Fsp3) is 0.634. The van der Waals surface area contributed by atoms with Gasteiger partial charge in [-0.15, -0.1) is 5.92 Å². The van der Waals surface area contributed by atoms with E-state index in [0.29, 0.717) is 31.9 Å². The van der Waals surface area contributed by atoms with Gasteiger partial charge in [0.2, 0.25) is 10.0 Å². The van der Waals surface area contributed by atoms with Crippen molar-refractivity contribution in [1.29, 1.82) is 0 Å². The number of aryl methyl sites for hydroxylation is 1. The van der Waals surface area contributed by atoms with Crippen molar-refractivity contribution < 1.29 is 27.8 Å². The summed E-state index contributed by atoms with van der Waals surface area (Å²) in [5.74, 6) is 6.99. The van der Waals surface area contributed by atoms with E-state index in [1.54, 1.807) is 32.0 Å². The van der Waals surface area contributed by atoms with Crippen LogP contribution < -0.4 is 14.4 Å². The molecule has 0 bridgehead atoms. The molecule has 0 radical (unpaired) electrons. The summed E-state index contributed by atoms with van der Waals surface area (Å²) >= 11 is 6.47. The predicted octanol–water partition coefficient (Wildman–Crippen LogP) is 6.34. The van der Waals surface area contributed by atoms with Gasteiger partial charge >= 0.3 is 0 Å². The fourth-order valence-electron chi connectivity index (χ4n) is 8.48. The number of sulfonamides is 1. The molecule has 1 amide bonds. The van der Waals surface area contributed by atoms with Gasteiger partial charge in [-0.05, 0) is 119 Å². The van der Waals surface area contributed by atoms with Crippen LogP contribution in [0.5, 0.6) is 5.75 Å². The summed E-state index contributed by atoms with van der Waals surface area (Å²) in [5.41, 5.74) is 2.14. The highest BCUT2D eigenvalue weighted by Gasteiger charge is 2.48. The standard InChI is InChI=1S/C41H56ClN3O6S/c1-4-5-18-41(47,19-7-6-8-20-44-21-23-50-24-22-44)36-14-11-33(36)27-45-28-40(17-9-10-31-25-34(42)13-15-35(31)40)29-51-38-16-12-32(26-37(38)45)39(46)43-52(48,49)30(2)3/h12-13,15-16,25-26,30,33,36,47H,4-6,8-11,14,17-18,20-24,27-29H2,1-3H3,(H,43,46)/t33-,36+,40-,41+/m0/s1. The molecule has 0 aromatic heterocycles. The monoisotopic (exact) mass is 753 g/mol. The van der Waals surface area contributed by atoms with Crippen molar-refractivity contribution in [2.75, 3.05) is 57.4 Å². The van der Waals surface area contributed by atoms with E-state index < -0.39 is 26.8 Å². The van der Waals surface area contributed by atoms with Crippen LogP contribution in [0.2, 0.25) is 5.02 Å². The molecule has 52 heavy (non-hydrogen) atoms. The predicted molar refractivity (Wildman–Crippen MR) is 207 cm³/mol. The molecule has 284 valence electrons. The van der Waals surface area contributed by atoms with Gasteiger partial charge in [-0.2, -0.15) is 0 Å². The topological polar surface area (TPSA) is 108 Å². The van der Waals surface area contributed by atoms with Gasteiger partial charge in [0.25, 0.3) is 5.91 Å². The molecule has 4 atom stereocenters. The number of nitrogens with zero attached hydrogens (tertiary/aromatic N) is 2. The third-order valence-electron chi connectivity index (χ3n) is 11.7. The minimum Gasteiger partial charge on any atom is -0.490 e. The maximum absolute atomic E-state index is 13.3. The molecule has 0 unspecified atom stereocenters. The lowest BCUT2D eigenvalue weighted by molar-refractivity contribution is -0.0442. The highest BCUT2D eigenvalue weighted by atomic mass is 35.5. The number of benzene rings is 2. The van der Waals surface area contributed by atoms with Gasteiger partial charge in [-0.25, -0.2) is 13.1 Å². The molecule has 2 aromatic rings. The van der Waals surface area contributed by atoms with Crippen LogP contribution in [-0.2, 0) is 26.6 Å². The Balaban J connectivity index is 1.28. The van der Waals surface area contributed by atoms with Gasteiger partial charge in [-0.1, -0.05) is 36.9 Å². The molecule has 2 N–H and O–H groups in total. The summed E-state index contributed by atoms with van der Waals surface area (Å²) in [6, 6.07) is 11.4. The number of carbonyl (C=O) groups excluding carboxylic acids is 1. The SMILES string of the molecule is CCCC[C@@](O)(C#CCCCN1CCOCC1)[C@@H]1CC[C@H]1CN1C[C@@]2(CCCc3cc(Cl)ccc32)COc2ccc(C(=O)NS(=O)(=O)C(C)C)cc21. The van der Waals surface area contributed by atoms with Gasteiger partial charge in [0.1, 0.15) is 11.4 Å². The first-order chi connectivity index (χ1) is 24.9. The molecular weight excluding hydrogens is 698 g/mol. The molecule has 1 spiro atoms. The van der Waals surface area contributed by atoms with E-state index in [-0.39, 0.29) is 22.8 Å². The molecule has 2 aliphatic heterocycles. The number of unbranched alkanes of at least 4 members (excludes halogenated alkanes) is 2. The number of aliphatic hydroxyl groups is 1. The van der Waals surface area contributed by atoms with Crippen LogP contribution in [0.4, 0.5) is 5.69 Å². The van der Waals surface area contributed by atoms with Crippen LogP contribution in [0, 0.1) is 23.7 Å². The van der Waals surface area contributed by atoms with Crippen molar-refractivity contribution in [3.05, 3.63) is 58.1 Å². The Hall–Kier alpha value is -2.81. The number of halogens is 1. The number of hydrogen-bond donors (Lipinski definition) is 2. The number of morpholine rings is 1. The van der Waals surface area contributed by atoms with E-state index in [0.717, 1.165) is 101 Å². The number of ether oxygens (including phenoxy) is 2. The van der Waals surface area contributed by atoms with Crippen LogP contribution in [0.25, 0.3) is 0 Å². The summed E-state index contributed by atoms with van der Waals surface area (Å²) in [6.45, 7) is 11.5. The van der Waals surface area contributed by atoms with Crippen LogP contribution in [-0.4, -0.2) is 87.7 Å². The van der Waals surface area contributed by atoms with Crippen molar-refractivity contribution >= 4 is 33.2 Å². The highest BCUT2D eigenvalue weighted by Crippen LogP contribution is 2.48. The molecular formula is C41H56ClN3O6S. The van der Waals surface area contributed by atoms with Gasteiger partial charge in [-0.3, -0.25) is 9.69 Å². The number of rotatable bonds is 12. The van der Waals surface area contributed by atoms with Crippen LogP contribution >= 0.6 is 11.6 Å². The molecule has 9 nitrogen and oxygen atoms in total. The number of nitrogens with one attached hydrogen (secondary N) is 1. The molecule has 2 aliphatic carbocycles. The first kappa shape index (κ1) is 38.9. The summed E-state index contributed by atoms with van der Waals surface area (Å²) in [4.78, 5) is 18.1.